The van der Waals surface area contributed by atoms with Crippen molar-refractivity contribution in [1.29, 1.82) is 0 Å². The first-order valence-corrected chi connectivity index (χ1v) is 12.8. The molecule has 2 atom stereocenters. The molecule has 1 saturated heterocycles. The van der Waals surface area contributed by atoms with Gasteiger partial charge in [-0.2, -0.15) is 0 Å². The smallest absolute Gasteiger partial charge is 0.242 e. The first-order chi connectivity index (χ1) is 15.3. The van der Waals surface area contributed by atoms with Gasteiger partial charge in [0.1, 0.15) is 5.82 Å². The number of nitrogens with zero attached hydrogens (tertiary/aromatic N) is 4. The molecule has 33 heavy (non-hydrogen) atoms. The van der Waals surface area contributed by atoms with Crippen molar-refractivity contribution in [2.24, 2.45) is 7.05 Å². The van der Waals surface area contributed by atoms with E-state index in [0.29, 0.717) is 24.9 Å². The van der Waals surface area contributed by atoms with Gasteiger partial charge in [-0.3, -0.25) is 9.69 Å². The molecule has 0 aliphatic carbocycles. The van der Waals surface area contributed by atoms with E-state index in [4.69, 9.17) is 4.74 Å². The first-order valence-electron chi connectivity index (χ1n) is 11.4. The molecule has 184 valence electrons. The zero-order valence-corrected chi connectivity index (χ0v) is 21.6. The second-order valence-corrected chi connectivity index (χ2v) is 11.9. The first kappa shape index (κ1) is 25.6. The molecule has 9 nitrogen and oxygen atoms in total. The summed E-state index contributed by atoms with van der Waals surface area (Å²) < 4.78 is 33.7. The number of hydrogen-bond acceptors (Lipinski definition) is 6. The molecule has 1 amide bonds. The average molecular weight is 480 g/mol. The third-order valence-electron chi connectivity index (χ3n) is 6.29. The van der Waals surface area contributed by atoms with Crippen molar-refractivity contribution < 1.29 is 17.9 Å². The van der Waals surface area contributed by atoms with Gasteiger partial charge in [-0.15, -0.1) is 0 Å². The summed E-state index contributed by atoms with van der Waals surface area (Å²) in [5.74, 6) is 0.718. The van der Waals surface area contributed by atoms with Crippen LogP contribution in [0.25, 0.3) is 11.0 Å². The number of aromatic nitrogens is 2. The number of morpholine rings is 1. The highest BCUT2D eigenvalue weighted by Gasteiger charge is 2.33. The highest BCUT2D eigenvalue weighted by Crippen LogP contribution is 2.23. The maximum absolute atomic E-state index is 12.6. The Kier molecular flexibility index (Phi) is 7.52. The fourth-order valence-electron chi connectivity index (χ4n) is 4.24. The topological polar surface area (TPSA) is 96.8 Å². The van der Waals surface area contributed by atoms with E-state index in [2.05, 4.69) is 42.9 Å². The molecule has 0 bridgehead atoms. The van der Waals surface area contributed by atoms with Crippen LogP contribution < -0.4 is 5.32 Å². The molecule has 1 fully saturated rings. The second kappa shape index (κ2) is 9.69. The Morgan fingerprint density at radius 3 is 2.48 bits per heavy atom. The Labute approximate surface area is 197 Å². The second-order valence-electron chi connectivity index (χ2n) is 9.78. The van der Waals surface area contributed by atoms with E-state index < -0.39 is 10.0 Å². The predicted octanol–water partition coefficient (Wildman–Crippen LogP) is 1.76. The van der Waals surface area contributed by atoms with Crippen molar-refractivity contribution in [3.8, 4) is 0 Å². The molecule has 1 N–H and O–H groups in total. The Balaban J connectivity index is 1.62. The van der Waals surface area contributed by atoms with Crippen molar-refractivity contribution in [1.82, 2.24) is 24.1 Å². The van der Waals surface area contributed by atoms with E-state index in [1.165, 1.54) is 18.4 Å². The summed E-state index contributed by atoms with van der Waals surface area (Å²) >= 11 is 0. The van der Waals surface area contributed by atoms with Crippen LogP contribution in [-0.2, 0) is 33.0 Å². The van der Waals surface area contributed by atoms with E-state index in [1.54, 1.807) is 18.2 Å². The van der Waals surface area contributed by atoms with Crippen LogP contribution in [0.1, 0.15) is 39.9 Å². The number of aryl methyl sites for hydroxylation is 2. The Bertz CT molecular complexity index is 1100. The van der Waals surface area contributed by atoms with Crippen molar-refractivity contribution in [2.45, 2.75) is 63.2 Å². The largest absolute Gasteiger partial charge is 0.373 e. The van der Waals surface area contributed by atoms with E-state index in [1.807, 2.05) is 11.6 Å². The lowest BCUT2D eigenvalue weighted by Crippen LogP contribution is -2.58. The fraction of sp³-hybridized carbons (Fsp3) is 0.652. The van der Waals surface area contributed by atoms with Gasteiger partial charge in [0.05, 0.1) is 28.1 Å². The minimum Gasteiger partial charge on any atom is -0.373 e. The molecular weight excluding hydrogens is 442 g/mol. The number of hydrogen-bond donors (Lipinski definition) is 1. The molecule has 1 aromatic heterocycles. The van der Waals surface area contributed by atoms with Crippen LogP contribution in [0.15, 0.2) is 23.1 Å². The summed E-state index contributed by atoms with van der Waals surface area (Å²) in [6.07, 6.45) is 1.13. The Hall–Kier alpha value is -2.01. The number of carbonyl (C=O) groups excluding carboxylic acids is 1. The van der Waals surface area contributed by atoms with Gasteiger partial charge in [0.2, 0.25) is 15.9 Å². The predicted molar refractivity (Wildman–Crippen MR) is 129 cm³/mol. The molecule has 1 aromatic carbocycles. The number of imidazole rings is 1. The number of amides is 1. The molecule has 2 heterocycles. The lowest BCUT2D eigenvalue weighted by Gasteiger charge is -2.45. The number of benzene rings is 1. The van der Waals surface area contributed by atoms with E-state index in [-0.39, 0.29) is 28.5 Å². The van der Waals surface area contributed by atoms with Gasteiger partial charge >= 0.3 is 0 Å². The number of rotatable bonds is 8. The zero-order valence-electron chi connectivity index (χ0n) is 20.8. The average Bonchev–Trinajstić information content (AvgIpc) is 3.05. The van der Waals surface area contributed by atoms with Gasteiger partial charge in [0.15, 0.2) is 0 Å². The number of fused-ring (bicyclic) bond motifs is 1. The number of nitrogens with one attached hydrogen (secondary N) is 1. The lowest BCUT2D eigenvalue weighted by molar-refractivity contribution is -0.122. The Morgan fingerprint density at radius 1 is 1.24 bits per heavy atom. The van der Waals surface area contributed by atoms with Gasteiger partial charge in [-0.25, -0.2) is 17.7 Å². The zero-order chi connectivity index (χ0) is 24.6. The number of carbonyl (C=O) groups is 1. The van der Waals surface area contributed by atoms with Crippen LogP contribution in [0.5, 0.6) is 0 Å². The molecule has 10 heteroatoms. The molecule has 1 aliphatic rings. The SMILES string of the molecule is C[C@@H]1CN(C(C)(C)CNC(=O)CCc2nc3cc(S(=O)(=O)N(C)C)ccc3n2C)C[C@H](C)O1. The van der Waals surface area contributed by atoms with Crippen molar-refractivity contribution in [2.75, 3.05) is 33.7 Å². The van der Waals surface area contributed by atoms with Gasteiger partial charge < -0.3 is 14.6 Å². The van der Waals surface area contributed by atoms with E-state index in [9.17, 15) is 13.2 Å². The van der Waals surface area contributed by atoms with Gasteiger partial charge in [-0.1, -0.05) is 0 Å². The third kappa shape index (κ3) is 5.74. The minimum atomic E-state index is -3.53. The van der Waals surface area contributed by atoms with Gasteiger partial charge in [0.25, 0.3) is 0 Å². The molecule has 0 saturated carbocycles. The van der Waals surface area contributed by atoms with Crippen LogP contribution in [-0.4, -0.2) is 84.6 Å². The lowest BCUT2D eigenvalue weighted by atomic mass is 10.00. The summed E-state index contributed by atoms with van der Waals surface area (Å²) in [6, 6.07) is 4.93. The summed E-state index contributed by atoms with van der Waals surface area (Å²) in [4.78, 5) is 19.8. The molecular formula is C23H37N5O4S. The van der Waals surface area contributed by atoms with E-state index >= 15 is 0 Å². The summed E-state index contributed by atoms with van der Waals surface area (Å²) in [5, 5.41) is 3.07. The molecule has 0 unspecified atom stereocenters. The summed E-state index contributed by atoms with van der Waals surface area (Å²) in [7, 11) is 1.36. The highest BCUT2D eigenvalue weighted by molar-refractivity contribution is 7.89. The standard InChI is InChI=1S/C23H37N5O4S/c1-16-13-28(14-17(2)32-16)23(3,4)15-24-22(29)11-10-21-25-19-12-18(33(30,31)26(5)6)8-9-20(19)27(21)7/h8-9,12,16-17H,10-11,13-15H2,1-7H3,(H,24,29)/t16-,17+. The molecule has 3 rings (SSSR count). The van der Waals surface area contributed by atoms with Crippen LogP contribution in [0.4, 0.5) is 0 Å². The number of ether oxygens (including phenoxy) is 1. The van der Waals surface area contributed by atoms with Gasteiger partial charge in [-0.05, 0) is 45.9 Å². The van der Waals surface area contributed by atoms with Crippen LogP contribution in [0.3, 0.4) is 0 Å². The monoisotopic (exact) mass is 479 g/mol. The fourth-order valence-corrected chi connectivity index (χ4v) is 5.16. The maximum Gasteiger partial charge on any atom is 0.242 e. The normalized spacial score (nSPS) is 20.5. The van der Waals surface area contributed by atoms with Crippen molar-refractivity contribution in [3.05, 3.63) is 24.0 Å². The van der Waals surface area contributed by atoms with Crippen molar-refractivity contribution in [3.63, 3.8) is 0 Å². The highest BCUT2D eigenvalue weighted by atomic mass is 32.2. The summed E-state index contributed by atoms with van der Waals surface area (Å²) in [6.45, 7) is 10.7. The van der Waals surface area contributed by atoms with Crippen LogP contribution in [0, 0.1) is 0 Å². The minimum absolute atomic E-state index is 0.0274. The molecule has 1 aliphatic heterocycles. The third-order valence-corrected chi connectivity index (χ3v) is 8.10. The maximum atomic E-state index is 12.6. The van der Waals surface area contributed by atoms with Crippen LogP contribution in [0.2, 0.25) is 0 Å². The Morgan fingerprint density at radius 2 is 1.88 bits per heavy atom. The van der Waals surface area contributed by atoms with Gasteiger partial charge in [0, 0.05) is 59.2 Å². The van der Waals surface area contributed by atoms with Crippen LogP contribution >= 0.6 is 0 Å². The summed E-state index contributed by atoms with van der Waals surface area (Å²) in [5.41, 5.74) is 1.26. The number of sulfonamides is 1. The molecule has 0 spiro atoms. The quantitative estimate of drug-likeness (QED) is 0.620. The van der Waals surface area contributed by atoms with Crippen molar-refractivity contribution >= 4 is 27.0 Å². The molecule has 2 aromatic rings. The van der Waals surface area contributed by atoms with E-state index in [0.717, 1.165) is 24.4 Å². The molecule has 0 radical (unpaired) electrons.